The molecule has 1 aromatic carbocycles. The Kier molecular flexibility index (Phi) is 7.66. The molecule has 0 radical (unpaired) electrons. The van der Waals surface area contributed by atoms with Crippen molar-refractivity contribution in [3.63, 3.8) is 0 Å². The molecule has 158 valence electrons. The first-order valence-electron chi connectivity index (χ1n) is 10.5. The summed E-state index contributed by atoms with van der Waals surface area (Å²) in [6, 6.07) is 10.6. The Hall–Kier alpha value is -2.38. The van der Waals surface area contributed by atoms with Gasteiger partial charge in [0.25, 0.3) is 0 Å². The van der Waals surface area contributed by atoms with Crippen LogP contribution in [0.1, 0.15) is 37.6 Å². The monoisotopic (exact) mass is 398 g/mol. The van der Waals surface area contributed by atoms with Gasteiger partial charge in [0.15, 0.2) is 5.96 Å². The maximum atomic E-state index is 5.87. The van der Waals surface area contributed by atoms with E-state index in [4.69, 9.17) is 9.73 Å². The highest BCUT2D eigenvalue weighted by molar-refractivity contribution is 5.79. The van der Waals surface area contributed by atoms with Crippen molar-refractivity contribution in [1.82, 2.24) is 25.3 Å². The second-order valence-electron chi connectivity index (χ2n) is 7.71. The van der Waals surface area contributed by atoms with Gasteiger partial charge in [-0.05, 0) is 38.0 Å². The van der Waals surface area contributed by atoms with Crippen LogP contribution in [0.15, 0.2) is 41.5 Å². The molecule has 0 aliphatic carbocycles. The van der Waals surface area contributed by atoms with Crippen LogP contribution in [0.4, 0.5) is 0 Å². The van der Waals surface area contributed by atoms with E-state index in [1.165, 1.54) is 11.1 Å². The van der Waals surface area contributed by atoms with Crippen molar-refractivity contribution in [3.8, 4) is 0 Å². The van der Waals surface area contributed by atoms with E-state index in [0.29, 0.717) is 13.1 Å². The SMILES string of the molecule is CCNC(=NCc1ccccc1CN1CC(C)OC(C)C1)NCc1ccnn1C. The van der Waals surface area contributed by atoms with Crippen molar-refractivity contribution in [1.29, 1.82) is 0 Å². The molecule has 2 unspecified atom stereocenters. The smallest absolute Gasteiger partial charge is 0.191 e. The number of morpholine rings is 1. The number of hydrogen-bond acceptors (Lipinski definition) is 4. The summed E-state index contributed by atoms with van der Waals surface area (Å²) in [4.78, 5) is 7.30. The predicted molar refractivity (Wildman–Crippen MR) is 117 cm³/mol. The van der Waals surface area contributed by atoms with Gasteiger partial charge in [0.05, 0.1) is 31.0 Å². The molecule has 2 aromatic rings. The molecule has 1 saturated heterocycles. The molecule has 7 heteroatoms. The summed E-state index contributed by atoms with van der Waals surface area (Å²) in [6.45, 7) is 11.4. The molecule has 7 nitrogen and oxygen atoms in total. The topological polar surface area (TPSA) is 66.7 Å². The van der Waals surface area contributed by atoms with E-state index in [-0.39, 0.29) is 12.2 Å². The lowest BCUT2D eigenvalue weighted by atomic mass is 10.1. The van der Waals surface area contributed by atoms with Crippen molar-refractivity contribution >= 4 is 5.96 Å². The maximum absolute atomic E-state index is 5.87. The molecule has 1 aliphatic rings. The van der Waals surface area contributed by atoms with E-state index in [9.17, 15) is 0 Å². The second-order valence-corrected chi connectivity index (χ2v) is 7.71. The summed E-state index contributed by atoms with van der Waals surface area (Å²) in [6.07, 6.45) is 2.37. The van der Waals surface area contributed by atoms with Gasteiger partial charge in [-0.2, -0.15) is 5.10 Å². The van der Waals surface area contributed by atoms with Crippen LogP contribution in [0.25, 0.3) is 0 Å². The minimum atomic E-state index is 0.278. The first-order chi connectivity index (χ1) is 14.0. The van der Waals surface area contributed by atoms with Gasteiger partial charge < -0.3 is 15.4 Å². The number of nitrogens with zero attached hydrogens (tertiary/aromatic N) is 4. The van der Waals surface area contributed by atoms with Crippen LogP contribution in [-0.4, -0.2) is 52.5 Å². The summed E-state index contributed by atoms with van der Waals surface area (Å²) in [7, 11) is 1.95. The normalized spacial score (nSPS) is 20.6. The highest BCUT2D eigenvalue weighted by Gasteiger charge is 2.22. The average Bonchev–Trinajstić information content (AvgIpc) is 3.09. The van der Waals surface area contributed by atoms with E-state index >= 15 is 0 Å². The number of guanidine groups is 1. The van der Waals surface area contributed by atoms with Crippen LogP contribution in [0, 0.1) is 0 Å². The number of aliphatic imine (C=N–C) groups is 1. The van der Waals surface area contributed by atoms with Crippen LogP contribution >= 0.6 is 0 Å². The zero-order valence-corrected chi connectivity index (χ0v) is 18.1. The molecule has 1 aliphatic heterocycles. The lowest BCUT2D eigenvalue weighted by Crippen LogP contribution is -2.44. The first kappa shape index (κ1) is 21.3. The summed E-state index contributed by atoms with van der Waals surface area (Å²) in [5.41, 5.74) is 3.71. The molecule has 29 heavy (non-hydrogen) atoms. The van der Waals surface area contributed by atoms with E-state index in [2.05, 4.69) is 65.7 Å². The fraction of sp³-hybridized carbons (Fsp3) is 0.545. The molecular weight excluding hydrogens is 364 g/mol. The number of ether oxygens (including phenoxy) is 1. The highest BCUT2D eigenvalue weighted by Crippen LogP contribution is 2.17. The van der Waals surface area contributed by atoms with Crippen LogP contribution in [0.5, 0.6) is 0 Å². The van der Waals surface area contributed by atoms with Crippen molar-refractivity contribution < 1.29 is 4.74 Å². The Morgan fingerprint density at radius 2 is 1.86 bits per heavy atom. The van der Waals surface area contributed by atoms with Gasteiger partial charge in [-0.3, -0.25) is 9.58 Å². The lowest BCUT2D eigenvalue weighted by molar-refractivity contribution is -0.0705. The standard InChI is InChI=1S/C22H34N6O/c1-5-23-22(25-13-21-10-11-26-27(21)4)24-12-19-8-6-7-9-20(19)16-28-14-17(2)29-18(3)15-28/h6-11,17-18H,5,12-16H2,1-4H3,(H2,23,24,25). The van der Waals surface area contributed by atoms with Gasteiger partial charge in [0.2, 0.25) is 0 Å². The molecule has 0 spiro atoms. The predicted octanol–water partition coefficient (Wildman–Crippen LogP) is 2.28. The van der Waals surface area contributed by atoms with Gasteiger partial charge in [0, 0.05) is 39.4 Å². The Bertz CT molecular complexity index is 792. The van der Waals surface area contributed by atoms with Gasteiger partial charge >= 0.3 is 0 Å². The molecule has 0 saturated carbocycles. The third-order valence-electron chi connectivity index (χ3n) is 5.12. The third-order valence-corrected chi connectivity index (χ3v) is 5.12. The molecule has 0 bridgehead atoms. The molecule has 1 fully saturated rings. The first-order valence-corrected chi connectivity index (χ1v) is 10.5. The lowest BCUT2D eigenvalue weighted by Gasteiger charge is -2.35. The number of hydrogen-bond donors (Lipinski definition) is 2. The highest BCUT2D eigenvalue weighted by atomic mass is 16.5. The van der Waals surface area contributed by atoms with Gasteiger partial charge in [0.1, 0.15) is 0 Å². The Morgan fingerprint density at radius 3 is 2.52 bits per heavy atom. The number of aryl methyl sites for hydroxylation is 1. The Balaban J connectivity index is 1.65. The molecule has 2 heterocycles. The second kappa shape index (κ2) is 10.4. The van der Waals surface area contributed by atoms with Crippen molar-refractivity contribution in [2.45, 2.75) is 52.6 Å². The largest absolute Gasteiger partial charge is 0.373 e. The number of rotatable bonds is 7. The van der Waals surface area contributed by atoms with Gasteiger partial charge in [-0.15, -0.1) is 0 Å². The number of benzene rings is 1. The van der Waals surface area contributed by atoms with Crippen molar-refractivity contribution in [2.24, 2.45) is 12.0 Å². The minimum absolute atomic E-state index is 0.278. The maximum Gasteiger partial charge on any atom is 0.191 e. The van der Waals surface area contributed by atoms with E-state index in [1.54, 1.807) is 0 Å². The fourth-order valence-electron chi connectivity index (χ4n) is 3.78. The zero-order valence-electron chi connectivity index (χ0n) is 18.1. The summed E-state index contributed by atoms with van der Waals surface area (Å²) in [5.74, 6) is 0.817. The van der Waals surface area contributed by atoms with Gasteiger partial charge in [-0.1, -0.05) is 24.3 Å². The molecule has 0 amide bonds. The average molecular weight is 399 g/mol. The van der Waals surface area contributed by atoms with Crippen LogP contribution in [-0.2, 0) is 31.4 Å². The summed E-state index contributed by atoms with van der Waals surface area (Å²) < 4.78 is 7.74. The van der Waals surface area contributed by atoms with E-state index < -0.39 is 0 Å². The number of aromatic nitrogens is 2. The van der Waals surface area contributed by atoms with Crippen LogP contribution in [0.3, 0.4) is 0 Å². The van der Waals surface area contributed by atoms with E-state index in [1.807, 2.05) is 24.0 Å². The van der Waals surface area contributed by atoms with Crippen molar-refractivity contribution in [2.75, 3.05) is 19.6 Å². The quantitative estimate of drug-likeness (QED) is 0.553. The fourth-order valence-corrected chi connectivity index (χ4v) is 3.78. The van der Waals surface area contributed by atoms with E-state index in [0.717, 1.165) is 37.8 Å². The third kappa shape index (κ3) is 6.30. The summed E-state index contributed by atoms with van der Waals surface area (Å²) >= 11 is 0. The molecule has 1 aromatic heterocycles. The minimum Gasteiger partial charge on any atom is -0.373 e. The Labute approximate surface area is 174 Å². The van der Waals surface area contributed by atoms with Crippen LogP contribution in [0.2, 0.25) is 0 Å². The molecular formula is C22H34N6O. The summed E-state index contributed by atoms with van der Waals surface area (Å²) in [5, 5.41) is 10.9. The molecule has 2 N–H and O–H groups in total. The van der Waals surface area contributed by atoms with Crippen LogP contribution < -0.4 is 10.6 Å². The Morgan fingerprint density at radius 1 is 1.14 bits per heavy atom. The number of nitrogens with one attached hydrogen (secondary N) is 2. The van der Waals surface area contributed by atoms with Crippen molar-refractivity contribution in [3.05, 3.63) is 53.3 Å². The molecule has 3 rings (SSSR count). The molecule has 2 atom stereocenters. The van der Waals surface area contributed by atoms with Gasteiger partial charge in [-0.25, -0.2) is 4.99 Å². The zero-order chi connectivity index (χ0) is 20.6.